The third kappa shape index (κ3) is 5.25. The van der Waals surface area contributed by atoms with Gasteiger partial charge in [-0.05, 0) is 75.1 Å². The zero-order valence-corrected chi connectivity index (χ0v) is 22.7. The maximum Gasteiger partial charge on any atom is 0.340 e. The highest BCUT2D eigenvalue weighted by molar-refractivity contribution is 7.22. The van der Waals surface area contributed by atoms with Crippen LogP contribution in [0, 0.1) is 6.92 Å². The summed E-state index contributed by atoms with van der Waals surface area (Å²) in [6.07, 6.45) is 0. The fourth-order valence-electron chi connectivity index (χ4n) is 4.82. The number of carbonyl (C=O) groups is 1. The minimum atomic E-state index is -0.583. The van der Waals surface area contributed by atoms with Gasteiger partial charge < -0.3 is 15.0 Å². The van der Waals surface area contributed by atoms with Crippen molar-refractivity contribution in [3.8, 4) is 0 Å². The van der Waals surface area contributed by atoms with E-state index in [2.05, 4.69) is 47.5 Å². The number of nitrogens with one attached hydrogen (secondary N) is 1. The summed E-state index contributed by atoms with van der Waals surface area (Å²) in [6, 6.07) is 21.6. The average Bonchev–Trinajstić information content (AvgIpc) is 3.27. The Morgan fingerprint density at radius 2 is 1.65 bits per heavy atom. The van der Waals surface area contributed by atoms with E-state index in [4.69, 9.17) is 4.74 Å². The topological polar surface area (TPSA) is 58.6 Å². The number of hydrogen-bond acceptors (Lipinski definition) is 6. The third-order valence-electron chi connectivity index (χ3n) is 6.53. The predicted octanol–water partition coefficient (Wildman–Crippen LogP) is 7.22. The molecule has 1 N–H and O–H groups in total. The zero-order valence-electron chi connectivity index (χ0n) is 21.9. The Hall–Kier alpha value is -3.64. The molecular weight excluding hydrogens is 480 g/mol. The highest BCUT2D eigenvalue weighted by Gasteiger charge is 2.23. The first-order valence-corrected chi connectivity index (χ1v) is 13.4. The summed E-state index contributed by atoms with van der Waals surface area (Å²) in [5, 5.41) is 5.23. The standard InChI is InChI=1S/C31H32N2O3S/c1-19-14-24(20(2)32-26-13-9-8-12-23(26)30(35)36-31(3,4)5)29-25(15-19)27(34)16-28(37-29)33-17-21-10-6-7-11-22(21)18-33/h6-16,20,32H,17-18H2,1-5H3. The Morgan fingerprint density at radius 3 is 2.32 bits per heavy atom. The summed E-state index contributed by atoms with van der Waals surface area (Å²) in [6.45, 7) is 11.3. The van der Waals surface area contributed by atoms with E-state index in [1.807, 2.05) is 52.0 Å². The second-order valence-corrected chi connectivity index (χ2v) is 11.7. The Morgan fingerprint density at radius 1 is 1.00 bits per heavy atom. The van der Waals surface area contributed by atoms with Crippen LogP contribution in [-0.2, 0) is 17.8 Å². The first kappa shape index (κ1) is 25.0. The molecule has 0 fully saturated rings. The Kier molecular flexibility index (Phi) is 6.54. The average molecular weight is 513 g/mol. The summed E-state index contributed by atoms with van der Waals surface area (Å²) in [7, 11) is 0. The summed E-state index contributed by atoms with van der Waals surface area (Å²) in [5.74, 6) is -0.363. The van der Waals surface area contributed by atoms with Crippen molar-refractivity contribution in [1.82, 2.24) is 0 Å². The van der Waals surface area contributed by atoms with Crippen LogP contribution in [0.15, 0.2) is 71.5 Å². The molecule has 37 heavy (non-hydrogen) atoms. The molecule has 6 heteroatoms. The van der Waals surface area contributed by atoms with Gasteiger partial charge in [0.2, 0.25) is 0 Å². The van der Waals surface area contributed by atoms with E-state index >= 15 is 0 Å². The van der Waals surface area contributed by atoms with Gasteiger partial charge in [-0.3, -0.25) is 4.79 Å². The van der Waals surface area contributed by atoms with Crippen LogP contribution in [0.25, 0.3) is 10.1 Å². The van der Waals surface area contributed by atoms with E-state index in [-0.39, 0.29) is 17.4 Å². The molecule has 1 atom stereocenters. The van der Waals surface area contributed by atoms with Crippen LogP contribution in [0.2, 0.25) is 0 Å². The fourth-order valence-corrected chi connectivity index (χ4v) is 6.08. The number of anilines is 2. The second kappa shape index (κ2) is 9.67. The molecule has 0 amide bonds. The normalized spacial score (nSPS) is 13.9. The van der Waals surface area contributed by atoms with E-state index in [1.165, 1.54) is 11.1 Å². The number of carbonyl (C=O) groups excluding carboxylic acids is 1. The van der Waals surface area contributed by atoms with Gasteiger partial charge in [-0.1, -0.05) is 42.5 Å². The Balaban J connectivity index is 1.51. The summed E-state index contributed by atoms with van der Waals surface area (Å²) >= 11 is 1.66. The van der Waals surface area contributed by atoms with Crippen LogP contribution >= 0.6 is 11.3 Å². The molecule has 3 aromatic carbocycles. The van der Waals surface area contributed by atoms with E-state index in [0.717, 1.165) is 39.3 Å². The van der Waals surface area contributed by atoms with Crippen LogP contribution in [0.3, 0.4) is 0 Å². The second-order valence-electron chi connectivity index (χ2n) is 10.7. The van der Waals surface area contributed by atoms with Crippen molar-refractivity contribution in [3.63, 3.8) is 0 Å². The molecular formula is C31H32N2O3S. The predicted molar refractivity (Wildman–Crippen MR) is 153 cm³/mol. The molecule has 1 aliphatic heterocycles. The SMILES string of the molecule is Cc1cc(C(C)Nc2ccccc2C(=O)OC(C)(C)C)c2sc(N3Cc4ccccc4C3)cc(=O)c2c1. The molecule has 0 radical (unpaired) electrons. The number of fused-ring (bicyclic) bond motifs is 2. The van der Waals surface area contributed by atoms with E-state index < -0.39 is 5.60 Å². The maximum atomic E-state index is 13.3. The van der Waals surface area contributed by atoms with Gasteiger partial charge in [-0.25, -0.2) is 4.79 Å². The molecule has 4 aromatic rings. The summed E-state index contributed by atoms with van der Waals surface area (Å²) < 4.78 is 6.60. The first-order valence-electron chi connectivity index (χ1n) is 12.6. The smallest absolute Gasteiger partial charge is 0.340 e. The lowest BCUT2D eigenvalue weighted by atomic mass is 10.0. The quantitative estimate of drug-likeness (QED) is 0.286. The van der Waals surface area contributed by atoms with Gasteiger partial charge in [0.05, 0.1) is 10.6 Å². The summed E-state index contributed by atoms with van der Waals surface area (Å²) in [4.78, 5) is 28.5. The molecule has 1 aliphatic rings. The monoisotopic (exact) mass is 512 g/mol. The minimum Gasteiger partial charge on any atom is -0.456 e. The molecule has 0 bridgehead atoms. The molecule has 1 aromatic heterocycles. The van der Waals surface area contributed by atoms with Crippen LogP contribution in [-0.4, -0.2) is 11.6 Å². The van der Waals surface area contributed by atoms with E-state index in [9.17, 15) is 9.59 Å². The van der Waals surface area contributed by atoms with E-state index in [1.54, 1.807) is 23.5 Å². The number of ether oxygens (including phenoxy) is 1. The minimum absolute atomic E-state index is 0.0333. The molecule has 5 nitrogen and oxygen atoms in total. The van der Waals surface area contributed by atoms with Crippen molar-refractivity contribution in [2.24, 2.45) is 0 Å². The van der Waals surface area contributed by atoms with Gasteiger partial charge in [0.1, 0.15) is 5.60 Å². The van der Waals surface area contributed by atoms with Crippen molar-refractivity contribution in [1.29, 1.82) is 0 Å². The number of esters is 1. The van der Waals surface area contributed by atoms with Crippen LogP contribution in [0.4, 0.5) is 10.7 Å². The highest BCUT2D eigenvalue weighted by atomic mass is 32.1. The molecule has 0 saturated heterocycles. The number of aryl methyl sites for hydroxylation is 1. The van der Waals surface area contributed by atoms with Gasteiger partial charge in [0, 0.05) is 41.0 Å². The number of hydrogen-bond donors (Lipinski definition) is 1. The Labute approximate surface area is 221 Å². The lowest BCUT2D eigenvalue weighted by Gasteiger charge is -2.23. The van der Waals surface area contributed by atoms with Crippen LogP contribution in [0.1, 0.15) is 66.3 Å². The largest absolute Gasteiger partial charge is 0.456 e. The molecule has 0 saturated carbocycles. The van der Waals surface area contributed by atoms with Crippen molar-refractivity contribution >= 4 is 38.1 Å². The van der Waals surface area contributed by atoms with Gasteiger partial charge in [0.15, 0.2) is 5.43 Å². The Bertz CT molecular complexity index is 1530. The van der Waals surface area contributed by atoms with Crippen molar-refractivity contribution in [3.05, 3.63) is 105 Å². The fraction of sp³-hybridized carbons (Fsp3) is 0.290. The number of rotatable bonds is 5. The molecule has 190 valence electrons. The molecule has 2 heterocycles. The van der Waals surface area contributed by atoms with E-state index in [0.29, 0.717) is 11.3 Å². The van der Waals surface area contributed by atoms with Crippen molar-refractivity contribution in [2.75, 3.05) is 10.2 Å². The molecule has 0 spiro atoms. The van der Waals surface area contributed by atoms with Crippen molar-refractivity contribution in [2.45, 2.75) is 59.4 Å². The van der Waals surface area contributed by atoms with Gasteiger partial charge in [0.25, 0.3) is 0 Å². The third-order valence-corrected chi connectivity index (χ3v) is 7.77. The lowest BCUT2D eigenvalue weighted by Crippen LogP contribution is -2.24. The maximum absolute atomic E-state index is 13.3. The van der Waals surface area contributed by atoms with Crippen LogP contribution < -0.4 is 15.6 Å². The first-order chi connectivity index (χ1) is 17.6. The number of nitrogens with zero attached hydrogens (tertiary/aromatic N) is 1. The molecule has 0 aliphatic carbocycles. The molecule has 1 unspecified atom stereocenters. The van der Waals surface area contributed by atoms with Gasteiger partial charge >= 0.3 is 5.97 Å². The number of benzene rings is 3. The lowest BCUT2D eigenvalue weighted by molar-refractivity contribution is 0.00706. The van der Waals surface area contributed by atoms with Gasteiger partial charge in [-0.15, -0.1) is 11.3 Å². The van der Waals surface area contributed by atoms with Crippen LogP contribution in [0.5, 0.6) is 0 Å². The number of para-hydroxylation sites is 1. The summed E-state index contributed by atoms with van der Waals surface area (Å²) in [5.41, 5.74) is 5.32. The van der Waals surface area contributed by atoms with Gasteiger partial charge in [-0.2, -0.15) is 0 Å². The highest BCUT2D eigenvalue weighted by Crippen LogP contribution is 2.37. The molecule has 5 rings (SSSR count). The zero-order chi connectivity index (χ0) is 26.3. The van der Waals surface area contributed by atoms with Crippen molar-refractivity contribution < 1.29 is 9.53 Å².